The van der Waals surface area contributed by atoms with Gasteiger partial charge < -0.3 is 0 Å². The molecule has 37 heavy (non-hydrogen) atoms. The van der Waals surface area contributed by atoms with Crippen molar-refractivity contribution in [2.45, 2.75) is 65.7 Å². The number of unbranched alkanes of at least 4 members (excludes halogenated alkanes) is 1. The summed E-state index contributed by atoms with van der Waals surface area (Å²) in [5, 5.41) is 0. The molecule has 4 rings (SSSR count). The molecule has 0 aliphatic rings. The third kappa shape index (κ3) is 7.43. The first-order valence-corrected chi connectivity index (χ1v) is 13.6. The van der Waals surface area contributed by atoms with Gasteiger partial charge in [0.25, 0.3) is 0 Å². The van der Waals surface area contributed by atoms with E-state index < -0.39 is 0 Å². The molecule has 0 amide bonds. The smallest absolute Gasteiger partial charge is 0.132 e. The maximum Gasteiger partial charge on any atom is 0.132 e. The van der Waals surface area contributed by atoms with Crippen LogP contribution in [0.3, 0.4) is 0 Å². The first-order valence-electron chi connectivity index (χ1n) is 13.6. The Bertz CT molecular complexity index is 1350. The molecule has 1 heteroatoms. The number of hydrogen-bond donors (Lipinski definition) is 0. The molecule has 0 saturated carbocycles. The predicted molar refractivity (Wildman–Crippen MR) is 155 cm³/mol. The lowest BCUT2D eigenvalue weighted by molar-refractivity contribution is 0.630. The van der Waals surface area contributed by atoms with Crippen molar-refractivity contribution in [1.29, 1.82) is 0 Å². The topological polar surface area (TPSA) is 0 Å². The maximum absolute atomic E-state index is 15.1. The average Bonchev–Trinajstić information content (AvgIpc) is 2.93. The first kappa shape index (κ1) is 26.4. The summed E-state index contributed by atoms with van der Waals surface area (Å²) in [6.45, 7) is 6.41. The summed E-state index contributed by atoms with van der Waals surface area (Å²) >= 11 is 0. The number of aryl methyl sites for hydroxylation is 5. The van der Waals surface area contributed by atoms with Crippen LogP contribution in [0.5, 0.6) is 0 Å². The Morgan fingerprint density at radius 3 is 1.73 bits per heavy atom. The lowest BCUT2D eigenvalue weighted by atomic mass is 9.96. The number of halogens is 1. The van der Waals surface area contributed by atoms with Crippen molar-refractivity contribution in [3.63, 3.8) is 0 Å². The summed E-state index contributed by atoms with van der Waals surface area (Å²) < 4.78 is 15.1. The summed E-state index contributed by atoms with van der Waals surface area (Å²) in [7, 11) is 0. The van der Waals surface area contributed by atoms with Crippen LogP contribution in [0.4, 0.5) is 4.39 Å². The zero-order chi connectivity index (χ0) is 26.0. The van der Waals surface area contributed by atoms with Crippen LogP contribution < -0.4 is 0 Å². The highest BCUT2D eigenvalue weighted by Gasteiger charge is 2.09. The van der Waals surface area contributed by atoms with Gasteiger partial charge in [0.05, 0.1) is 0 Å². The summed E-state index contributed by atoms with van der Waals surface area (Å²) in [5.74, 6) is 6.12. The van der Waals surface area contributed by atoms with E-state index in [0.717, 1.165) is 54.4 Å². The van der Waals surface area contributed by atoms with Gasteiger partial charge in [0.1, 0.15) is 5.82 Å². The van der Waals surface area contributed by atoms with E-state index in [1.54, 1.807) is 6.07 Å². The van der Waals surface area contributed by atoms with Gasteiger partial charge in [-0.15, -0.1) is 0 Å². The van der Waals surface area contributed by atoms with Crippen molar-refractivity contribution in [2.24, 2.45) is 0 Å². The third-order valence-electron chi connectivity index (χ3n) is 6.96. The molecule has 0 aliphatic heterocycles. The fraction of sp³-hybridized carbons (Fsp3) is 0.278. The van der Waals surface area contributed by atoms with Crippen LogP contribution in [0.2, 0.25) is 0 Å². The van der Waals surface area contributed by atoms with Crippen molar-refractivity contribution in [1.82, 2.24) is 0 Å². The molecule has 0 aromatic heterocycles. The van der Waals surface area contributed by atoms with E-state index in [2.05, 4.69) is 74.2 Å². The zero-order valence-electron chi connectivity index (χ0n) is 22.4. The molecule has 0 atom stereocenters. The van der Waals surface area contributed by atoms with Crippen molar-refractivity contribution in [2.75, 3.05) is 0 Å². The second kappa shape index (κ2) is 13.1. The summed E-state index contributed by atoms with van der Waals surface area (Å²) in [4.78, 5) is 0. The van der Waals surface area contributed by atoms with Gasteiger partial charge in [-0.3, -0.25) is 0 Å². The molecule has 0 spiro atoms. The van der Waals surface area contributed by atoms with Crippen LogP contribution in [-0.4, -0.2) is 0 Å². The highest BCUT2D eigenvalue weighted by atomic mass is 19.1. The lowest BCUT2D eigenvalue weighted by Crippen LogP contribution is -1.94. The van der Waals surface area contributed by atoms with E-state index in [4.69, 9.17) is 0 Å². The van der Waals surface area contributed by atoms with E-state index in [-0.39, 0.29) is 5.82 Å². The monoisotopic (exact) mass is 488 g/mol. The molecule has 0 bridgehead atoms. The molecular weight excluding hydrogens is 451 g/mol. The van der Waals surface area contributed by atoms with Crippen LogP contribution in [0.15, 0.2) is 84.9 Å². The average molecular weight is 489 g/mol. The Hall–Kier alpha value is -3.63. The van der Waals surface area contributed by atoms with E-state index in [1.807, 2.05) is 37.3 Å². The molecular formula is C36H37F. The molecule has 0 N–H and O–H groups in total. The second-order valence-electron chi connectivity index (χ2n) is 9.96. The molecule has 0 saturated heterocycles. The summed E-state index contributed by atoms with van der Waals surface area (Å²) in [6.07, 6.45) is 7.83. The van der Waals surface area contributed by atoms with Gasteiger partial charge >= 0.3 is 0 Å². The zero-order valence-corrected chi connectivity index (χ0v) is 22.4. The normalized spacial score (nSPS) is 10.7. The Kier molecular flexibility index (Phi) is 9.34. The van der Waals surface area contributed by atoms with Crippen LogP contribution in [-0.2, 0) is 25.7 Å². The van der Waals surface area contributed by atoms with Crippen LogP contribution in [0.25, 0.3) is 11.1 Å². The molecule has 188 valence electrons. The van der Waals surface area contributed by atoms with Crippen LogP contribution in [0, 0.1) is 24.6 Å². The van der Waals surface area contributed by atoms with Crippen molar-refractivity contribution in [3.8, 4) is 23.0 Å². The number of hydrogen-bond acceptors (Lipinski definition) is 0. The Labute approximate surface area is 222 Å². The minimum atomic E-state index is -0.232. The number of rotatable bonds is 9. The number of benzene rings is 4. The molecule has 0 radical (unpaired) electrons. The fourth-order valence-electron chi connectivity index (χ4n) is 4.61. The van der Waals surface area contributed by atoms with Gasteiger partial charge in [-0.1, -0.05) is 99.2 Å². The van der Waals surface area contributed by atoms with Gasteiger partial charge in [-0.2, -0.15) is 0 Å². The van der Waals surface area contributed by atoms with Crippen molar-refractivity contribution < 1.29 is 4.39 Å². The third-order valence-corrected chi connectivity index (χ3v) is 6.96. The predicted octanol–water partition coefficient (Wildman–Crippen LogP) is 9.28. The van der Waals surface area contributed by atoms with Gasteiger partial charge in [0, 0.05) is 16.7 Å². The summed E-state index contributed by atoms with van der Waals surface area (Å²) in [5.41, 5.74) is 9.56. The molecule has 4 aromatic carbocycles. The van der Waals surface area contributed by atoms with Crippen LogP contribution in [0.1, 0.15) is 72.1 Å². The van der Waals surface area contributed by atoms with Crippen molar-refractivity contribution >= 4 is 0 Å². The van der Waals surface area contributed by atoms with Gasteiger partial charge in [0.15, 0.2) is 0 Å². The maximum atomic E-state index is 15.1. The molecule has 0 heterocycles. The quantitative estimate of drug-likeness (QED) is 0.206. The Balaban J connectivity index is 1.41. The van der Waals surface area contributed by atoms with E-state index in [1.165, 1.54) is 35.1 Å². The first-order chi connectivity index (χ1) is 18.1. The largest absolute Gasteiger partial charge is 0.206 e. The molecule has 0 fully saturated rings. The minimum Gasteiger partial charge on any atom is -0.206 e. The molecule has 0 nitrogen and oxygen atoms in total. The minimum absolute atomic E-state index is 0.232. The van der Waals surface area contributed by atoms with E-state index >= 15 is 4.39 Å². The Morgan fingerprint density at radius 2 is 1.14 bits per heavy atom. The van der Waals surface area contributed by atoms with E-state index in [9.17, 15) is 0 Å². The SMILES string of the molecule is CCCCc1ccc(CCc2ccc(-c3cc(C)c(C#Cc4ccc(CCC)cc4)cc3F)cc2)cc1. The lowest BCUT2D eigenvalue weighted by Gasteiger charge is -2.09. The second-order valence-corrected chi connectivity index (χ2v) is 9.96. The van der Waals surface area contributed by atoms with Crippen molar-refractivity contribution in [3.05, 3.63) is 130 Å². The highest BCUT2D eigenvalue weighted by Crippen LogP contribution is 2.26. The fourth-order valence-corrected chi connectivity index (χ4v) is 4.61. The van der Waals surface area contributed by atoms with Gasteiger partial charge in [-0.05, 0) is 96.7 Å². The van der Waals surface area contributed by atoms with Gasteiger partial charge in [-0.25, -0.2) is 4.39 Å². The molecule has 0 unspecified atom stereocenters. The molecule has 4 aromatic rings. The highest BCUT2D eigenvalue weighted by molar-refractivity contribution is 5.67. The standard InChI is InChI=1S/C36H37F/c1-4-6-8-29-11-15-30(16-12-29)17-18-32-19-22-33(23-20-32)35-25-27(3)34(26-36(35)37)24-21-31-13-9-28(7-5-2)10-14-31/h9-16,19-20,22-23,25-26H,4-8,17-18H2,1-3H3. The van der Waals surface area contributed by atoms with Crippen LogP contribution >= 0.6 is 0 Å². The summed E-state index contributed by atoms with van der Waals surface area (Å²) in [6, 6.07) is 29.2. The van der Waals surface area contributed by atoms with Gasteiger partial charge in [0.2, 0.25) is 0 Å². The molecule has 0 aliphatic carbocycles. The Morgan fingerprint density at radius 1 is 0.595 bits per heavy atom. The van der Waals surface area contributed by atoms with E-state index in [0.29, 0.717) is 5.56 Å².